The van der Waals surface area contributed by atoms with Gasteiger partial charge in [0.2, 0.25) is 15.9 Å². The van der Waals surface area contributed by atoms with E-state index in [-0.39, 0.29) is 24.7 Å². The highest BCUT2D eigenvalue weighted by molar-refractivity contribution is 7.91. The first-order chi connectivity index (χ1) is 19.6. The Morgan fingerprint density at radius 1 is 1.17 bits per heavy atom. The largest absolute Gasteiger partial charge is 0.465 e. The van der Waals surface area contributed by atoms with E-state index in [2.05, 4.69) is 16.6 Å². The van der Waals surface area contributed by atoms with Crippen LogP contribution in [0.15, 0.2) is 30.9 Å². The number of carbonyl (C=O) groups is 4. The number of nitrogens with one attached hydrogen (secondary N) is 2. The molecule has 230 valence electrons. The van der Waals surface area contributed by atoms with Gasteiger partial charge in [-0.2, -0.15) is 0 Å². The Morgan fingerprint density at radius 2 is 1.86 bits per heavy atom. The quantitative estimate of drug-likeness (QED) is 0.415. The summed E-state index contributed by atoms with van der Waals surface area (Å²) in [5.41, 5.74) is -0.765. The van der Waals surface area contributed by atoms with E-state index in [4.69, 9.17) is 9.84 Å². The number of amides is 4. The third-order valence-electron chi connectivity index (χ3n) is 7.63. The second kappa shape index (κ2) is 11.5. The minimum Gasteiger partial charge on any atom is -0.465 e. The number of hydrogen-bond donors (Lipinski definition) is 3. The molecule has 0 aromatic heterocycles. The van der Waals surface area contributed by atoms with Crippen LogP contribution >= 0.6 is 0 Å². The lowest BCUT2D eigenvalue weighted by Crippen LogP contribution is -2.56. The predicted octanol–water partition coefficient (Wildman–Crippen LogP) is 2.87. The molecule has 4 aliphatic rings. The van der Waals surface area contributed by atoms with Crippen LogP contribution in [0.3, 0.4) is 0 Å². The van der Waals surface area contributed by atoms with Crippen LogP contribution in [0.2, 0.25) is 0 Å². The number of halogens is 1. The molecule has 2 aliphatic carbocycles. The molecule has 3 N–H and O–H groups in total. The van der Waals surface area contributed by atoms with Gasteiger partial charge in [0.05, 0.1) is 11.8 Å². The third-order valence-corrected chi connectivity index (χ3v) is 9.45. The van der Waals surface area contributed by atoms with Crippen molar-refractivity contribution in [3.8, 4) is 0 Å². The number of ether oxygens (including phenoxy) is 1. The van der Waals surface area contributed by atoms with Crippen LogP contribution in [0.25, 0.3) is 0 Å². The molecule has 0 radical (unpaired) electrons. The molecule has 3 fully saturated rings. The number of hydrogen-bond acceptors (Lipinski definition) is 7. The fourth-order valence-corrected chi connectivity index (χ4v) is 6.48. The van der Waals surface area contributed by atoms with Crippen LogP contribution in [-0.2, 0) is 37.4 Å². The highest BCUT2D eigenvalue weighted by atomic mass is 32.2. The molecule has 2 aliphatic heterocycles. The van der Waals surface area contributed by atoms with Crippen molar-refractivity contribution in [2.75, 3.05) is 6.54 Å². The molecule has 0 bridgehead atoms. The van der Waals surface area contributed by atoms with Gasteiger partial charge in [-0.15, -0.1) is 6.58 Å². The van der Waals surface area contributed by atoms with Crippen molar-refractivity contribution >= 4 is 34.0 Å². The van der Waals surface area contributed by atoms with Gasteiger partial charge in [-0.05, 0) is 64.5 Å². The van der Waals surface area contributed by atoms with E-state index in [1.54, 1.807) is 32.9 Å². The maximum atomic E-state index is 13.1. The van der Waals surface area contributed by atoms with Gasteiger partial charge >= 0.3 is 12.2 Å². The van der Waals surface area contributed by atoms with Crippen LogP contribution in [0.1, 0.15) is 64.0 Å². The Hall–Kier alpha value is -3.68. The summed E-state index contributed by atoms with van der Waals surface area (Å²) in [6.07, 6.45) is 2.35. The van der Waals surface area contributed by atoms with Crippen LogP contribution < -0.4 is 10.0 Å². The normalized spacial score (nSPS) is 24.6. The van der Waals surface area contributed by atoms with Gasteiger partial charge in [-0.25, -0.2) is 22.4 Å². The van der Waals surface area contributed by atoms with Crippen molar-refractivity contribution in [3.05, 3.63) is 47.8 Å². The molecule has 3 atom stereocenters. The summed E-state index contributed by atoms with van der Waals surface area (Å²) in [5, 5.41) is 10.8. The number of likely N-dealkylation sites (tertiary alicyclic amines) is 1. The summed E-state index contributed by atoms with van der Waals surface area (Å²) in [6.45, 7) is 9.74. The fourth-order valence-electron chi connectivity index (χ4n) is 5.11. The zero-order valence-corrected chi connectivity index (χ0v) is 24.7. The van der Waals surface area contributed by atoms with Crippen molar-refractivity contribution in [3.63, 3.8) is 0 Å². The summed E-state index contributed by atoms with van der Waals surface area (Å²) in [4.78, 5) is 51.2. The number of fused-ring (bicyclic) bond motifs is 1. The monoisotopic (exact) mass is 608 g/mol. The first-order valence-electron chi connectivity index (χ1n) is 13.8. The highest BCUT2D eigenvalue weighted by Gasteiger charge is 2.61. The second-order valence-corrected chi connectivity index (χ2v) is 14.0. The molecular formula is C28H37FN4O8S. The lowest BCUT2D eigenvalue weighted by atomic mass is 10.1. The van der Waals surface area contributed by atoms with Gasteiger partial charge in [-0.1, -0.05) is 18.2 Å². The SMILES string of the molecule is C=C[C@@H]1C[C@]1(NC(=O)[C@@H]1CCCN1C(=O)OC(C)(C)C)C(=O)NS(=O)(=O)C1CC1.O=C(O)N1Cc2cccc(F)c2C1. The van der Waals surface area contributed by atoms with Crippen LogP contribution in [-0.4, -0.2) is 76.3 Å². The predicted molar refractivity (Wildman–Crippen MR) is 149 cm³/mol. The first kappa shape index (κ1) is 31.3. The van der Waals surface area contributed by atoms with Crippen LogP contribution in [0.5, 0.6) is 0 Å². The fraction of sp³-hybridized carbons (Fsp3) is 0.571. The smallest absolute Gasteiger partial charge is 0.410 e. The van der Waals surface area contributed by atoms with E-state index in [1.165, 1.54) is 21.9 Å². The van der Waals surface area contributed by atoms with Gasteiger partial charge in [0.25, 0.3) is 5.91 Å². The molecule has 1 aromatic carbocycles. The van der Waals surface area contributed by atoms with Gasteiger partial charge < -0.3 is 15.2 Å². The summed E-state index contributed by atoms with van der Waals surface area (Å²) in [5.74, 6) is -1.92. The van der Waals surface area contributed by atoms with Crippen LogP contribution in [0.4, 0.5) is 14.0 Å². The average Bonchev–Trinajstić information content (AvgIpc) is 3.76. The zero-order chi connectivity index (χ0) is 31.0. The zero-order valence-electron chi connectivity index (χ0n) is 23.9. The molecule has 1 aromatic rings. The molecule has 12 nitrogen and oxygen atoms in total. The molecule has 0 unspecified atom stereocenters. The topological polar surface area (TPSA) is 162 Å². The Morgan fingerprint density at radius 3 is 2.40 bits per heavy atom. The Labute approximate surface area is 244 Å². The molecule has 14 heteroatoms. The Balaban J connectivity index is 0.000000258. The minimum atomic E-state index is -3.73. The van der Waals surface area contributed by atoms with E-state index in [9.17, 15) is 32.0 Å². The van der Waals surface area contributed by atoms with E-state index in [1.807, 2.05) is 0 Å². The summed E-state index contributed by atoms with van der Waals surface area (Å²) < 4.78 is 44.9. The lowest BCUT2D eigenvalue weighted by Gasteiger charge is -2.29. The molecule has 2 saturated carbocycles. The first-order valence-corrected chi connectivity index (χ1v) is 15.4. The van der Waals surface area contributed by atoms with Crippen LogP contribution in [0, 0.1) is 11.7 Å². The maximum absolute atomic E-state index is 13.1. The van der Waals surface area contributed by atoms with E-state index in [0.29, 0.717) is 44.3 Å². The van der Waals surface area contributed by atoms with E-state index >= 15 is 0 Å². The number of nitrogens with zero attached hydrogens (tertiary/aromatic N) is 2. The summed E-state index contributed by atoms with van der Waals surface area (Å²) >= 11 is 0. The number of rotatable bonds is 6. The average molecular weight is 609 g/mol. The van der Waals surface area contributed by atoms with Gasteiger partial charge in [-0.3, -0.25) is 24.1 Å². The number of benzene rings is 1. The van der Waals surface area contributed by atoms with Gasteiger partial charge in [0.15, 0.2) is 0 Å². The Bertz CT molecular complexity index is 1390. The molecule has 4 amide bonds. The summed E-state index contributed by atoms with van der Waals surface area (Å²) in [6, 6.07) is 3.94. The molecule has 42 heavy (non-hydrogen) atoms. The van der Waals surface area contributed by atoms with Crippen molar-refractivity contribution < 1.29 is 41.8 Å². The lowest BCUT2D eigenvalue weighted by molar-refractivity contribution is -0.131. The number of carbonyl (C=O) groups excluding carboxylic acids is 3. The minimum absolute atomic E-state index is 0.164. The third kappa shape index (κ3) is 6.85. The molecular weight excluding hydrogens is 571 g/mol. The molecule has 5 rings (SSSR count). The molecule has 0 spiro atoms. The summed E-state index contributed by atoms with van der Waals surface area (Å²) in [7, 11) is -3.73. The number of carboxylic acid groups (broad SMARTS) is 1. The molecule has 2 heterocycles. The molecule has 1 saturated heterocycles. The second-order valence-electron chi connectivity index (χ2n) is 12.0. The maximum Gasteiger partial charge on any atom is 0.410 e. The van der Waals surface area contributed by atoms with Crippen molar-refractivity contribution in [1.82, 2.24) is 19.8 Å². The Kier molecular flexibility index (Phi) is 8.59. The van der Waals surface area contributed by atoms with Crippen molar-refractivity contribution in [1.29, 1.82) is 0 Å². The number of sulfonamides is 1. The van der Waals surface area contributed by atoms with Gasteiger partial charge in [0.1, 0.15) is 23.0 Å². The highest BCUT2D eigenvalue weighted by Crippen LogP contribution is 2.45. The van der Waals surface area contributed by atoms with Gasteiger partial charge in [0, 0.05) is 24.6 Å². The van der Waals surface area contributed by atoms with E-state index < -0.39 is 56.5 Å². The standard InChI is InChI=1S/C19H29N3O6S.C9H8FNO2/c1-5-12-11-19(12,16(24)21-29(26,27)13-8-9-13)20-15(23)14-7-6-10-22(14)17(25)28-18(2,3)4;10-8-3-1-2-6-4-11(9(12)13)5-7(6)8/h5,12-14H,1,6-11H2,2-4H3,(H,20,23)(H,21,24);1-3H,4-5H2,(H,12,13)/t12-,14+,19-;/m1./s1. The van der Waals surface area contributed by atoms with E-state index in [0.717, 1.165) is 5.56 Å². The van der Waals surface area contributed by atoms with Crippen molar-refractivity contribution in [2.24, 2.45) is 5.92 Å². The van der Waals surface area contributed by atoms with Crippen molar-refractivity contribution in [2.45, 2.75) is 88.4 Å².